The number of aliphatic hydroxyl groups excluding tert-OH is 1. The van der Waals surface area contributed by atoms with Crippen LogP contribution in [-0.4, -0.2) is 72.7 Å². The van der Waals surface area contributed by atoms with Gasteiger partial charge < -0.3 is 15.3 Å². The average molecular weight is 255 g/mol. The molecular weight excluding hydrogens is 230 g/mol. The minimum Gasteiger partial charge on any atom is -0.384 e. The van der Waals surface area contributed by atoms with E-state index in [0.717, 1.165) is 45.8 Å². The van der Waals surface area contributed by atoms with Crippen LogP contribution in [0.15, 0.2) is 0 Å². The Hall–Kier alpha value is -0.650. The first-order chi connectivity index (χ1) is 8.50. The van der Waals surface area contributed by atoms with Crippen LogP contribution in [0.5, 0.6) is 0 Å². The molecule has 2 rings (SSSR count). The number of carbonyl (C=O) groups is 1. The molecule has 0 aromatic heterocycles. The summed E-state index contributed by atoms with van der Waals surface area (Å²) in [6.45, 7) is 10.5. The highest BCUT2D eigenvalue weighted by molar-refractivity contribution is 5.80. The van der Waals surface area contributed by atoms with E-state index in [2.05, 4.69) is 17.1 Å². The lowest BCUT2D eigenvalue weighted by atomic mass is 9.89. The van der Waals surface area contributed by atoms with Crippen molar-refractivity contribution < 1.29 is 9.90 Å². The standard InChI is InChI=1S/C13H25N3O2/c1-11(17)12(18)16-7-5-15(6-8-16)10-13(2)3-4-14-9-13/h11,14,17H,3-10H2,1-2H3. The van der Waals surface area contributed by atoms with Crippen LogP contribution in [0.25, 0.3) is 0 Å². The fourth-order valence-corrected chi connectivity index (χ4v) is 2.93. The topological polar surface area (TPSA) is 55.8 Å². The van der Waals surface area contributed by atoms with E-state index in [4.69, 9.17) is 0 Å². The molecule has 2 aliphatic rings. The lowest BCUT2D eigenvalue weighted by molar-refractivity contribution is -0.141. The predicted molar refractivity (Wildman–Crippen MR) is 70.3 cm³/mol. The molecule has 18 heavy (non-hydrogen) atoms. The molecule has 5 heteroatoms. The van der Waals surface area contributed by atoms with E-state index < -0.39 is 6.10 Å². The Bertz CT molecular complexity index is 293. The van der Waals surface area contributed by atoms with Gasteiger partial charge in [-0.3, -0.25) is 9.69 Å². The van der Waals surface area contributed by atoms with Crippen LogP contribution in [0.2, 0.25) is 0 Å². The fraction of sp³-hybridized carbons (Fsp3) is 0.923. The lowest BCUT2D eigenvalue weighted by Crippen LogP contribution is -2.53. The van der Waals surface area contributed by atoms with E-state index in [0.29, 0.717) is 5.41 Å². The van der Waals surface area contributed by atoms with Gasteiger partial charge in [-0.1, -0.05) is 6.92 Å². The van der Waals surface area contributed by atoms with Crippen LogP contribution >= 0.6 is 0 Å². The van der Waals surface area contributed by atoms with Gasteiger partial charge in [-0.2, -0.15) is 0 Å². The number of hydrogen-bond donors (Lipinski definition) is 2. The van der Waals surface area contributed by atoms with Gasteiger partial charge in [-0.25, -0.2) is 0 Å². The SMILES string of the molecule is CC(O)C(=O)N1CCN(CC2(C)CCNC2)CC1. The van der Waals surface area contributed by atoms with Crippen molar-refractivity contribution in [3.8, 4) is 0 Å². The summed E-state index contributed by atoms with van der Waals surface area (Å²) >= 11 is 0. The molecule has 0 bridgehead atoms. The van der Waals surface area contributed by atoms with Gasteiger partial charge in [0.15, 0.2) is 0 Å². The predicted octanol–water partition coefficient (Wildman–Crippen LogP) is -0.489. The summed E-state index contributed by atoms with van der Waals surface area (Å²) in [6.07, 6.45) is 0.368. The summed E-state index contributed by atoms with van der Waals surface area (Å²) in [5, 5.41) is 12.7. The molecule has 104 valence electrons. The van der Waals surface area contributed by atoms with Gasteiger partial charge in [0.25, 0.3) is 5.91 Å². The second-order valence-corrected chi connectivity index (χ2v) is 6.01. The lowest BCUT2D eigenvalue weighted by Gasteiger charge is -2.39. The van der Waals surface area contributed by atoms with Crippen LogP contribution < -0.4 is 5.32 Å². The monoisotopic (exact) mass is 255 g/mol. The summed E-state index contributed by atoms with van der Waals surface area (Å²) in [4.78, 5) is 15.9. The van der Waals surface area contributed by atoms with E-state index in [1.54, 1.807) is 11.8 Å². The molecule has 0 aromatic carbocycles. The molecule has 0 radical (unpaired) electrons. The molecule has 0 spiro atoms. The van der Waals surface area contributed by atoms with Gasteiger partial charge in [0.05, 0.1) is 0 Å². The third-order valence-electron chi connectivity index (χ3n) is 4.10. The van der Waals surface area contributed by atoms with Crippen LogP contribution in [0.3, 0.4) is 0 Å². The summed E-state index contributed by atoms with van der Waals surface area (Å²) in [6, 6.07) is 0. The molecular formula is C13H25N3O2. The van der Waals surface area contributed by atoms with Crippen molar-refractivity contribution in [2.24, 2.45) is 5.41 Å². The second kappa shape index (κ2) is 5.55. The first kappa shape index (κ1) is 13.8. The molecule has 2 saturated heterocycles. The largest absolute Gasteiger partial charge is 0.384 e. The van der Waals surface area contributed by atoms with Gasteiger partial charge in [-0.15, -0.1) is 0 Å². The summed E-state index contributed by atoms with van der Waals surface area (Å²) in [7, 11) is 0. The zero-order valence-electron chi connectivity index (χ0n) is 11.5. The quantitative estimate of drug-likeness (QED) is 0.714. The maximum absolute atomic E-state index is 11.7. The van der Waals surface area contributed by atoms with Crippen LogP contribution in [-0.2, 0) is 4.79 Å². The number of nitrogens with one attached hydrogen (secondary N) is 1. The molecule has 2 N–H and O–H groups in total. The smallest absolute Gasteiger partial charge is 0.251 e. The van der Waals surface area contributed by atoms with Crippen molar-refractivity contribution in [3.05, 3.63) is 0 Å². The zero-order chi connectivity index (χ0) is 13.2. The van der Waals surface area contributed by atoms with E-state index >= 15 is 0 Å². The molecule has 2 aliphatic heterocycles. The third kappa shape index (κ3) is 3.22. The molecule has 5 nitrogen and oxygen atoms in total. The van der Waals surface area contributed by atoms with Crippen LogP contribution in [0.4, 0.5) is 0 Å². The van der Waals surface area contributed by atoms with Crippen LogP contribution in [0, 0.1) is 5.41 Å². The Labute approximate surface area is 109 Å². The Morgan fingerprint density at radius 2 is 2.06 bits per heavy atom. The summed E-state index contributed by atoms with van der Waals surface area (Å²) in [5.74, 6) is -0.136. The van der Waals surface area contributed by atoms with Crippen LogP contribution in [0.1, 0.15) is 20.3 Å². The van der Waals surface area contributed by atoms with Gasteiger partial charge in [0, 0.05) is 39.3 Å². The maximum atomic E-state index is 11.7. The molecule has 2 unspecified atom stereocenters. The minimum atomic E-state index is -0.868. The Morgan fingerprint density at radius 1 is 1.39 bits per heavy atom. The van der Waals surface area contributed by atoms with Crippen molar-refractivity contribution in [3.63, 3.8) is 0 Å². The number of aliphatic hydroxyl groups is 1. The van der Waals surface area contributed by atoms with Gasteiger partial charge in [-0.05, 0) is 25.3 Å². The Kier molecular flexibility index (Phi) is 4.25. The average Bonchev–Trinajstić information content (AvgIpc) is 2.76. The van der Waals surface area contributed by atoms with Crippen molar-refractivity contribution in [1.29, 1.82) is 0 Å². The molecule has 0 saturated carbocycles. The molecule has 2 atom stereocenters. The highest BCUT2D eigenvalue weighted by Crippen LogP contribution is 2.26. The third-order valence-corrected chi connectivity index (χ3v) is 4.10. The number of nitrogens with zero attached hydrogens (tertiary/aromatic N) is 2. The minimum absolute atomic E-state index is 0.136. The molecule has 2 fully saturated rings. The van der Waals surface area contributed by atoms with Gasteiger partial charge in [0.1, 0.15) is 6.10 Å². The number of amides is 1. The first-order valence-corrected chi connectivity index (χ1v) is 6.90. The highest BCUT2D eigenvalue weighted by atomic mass is 16.3. The van der Waals surface area contributed by atoms with E-state index in [1.165, 1.54) is 6.42 Å². The second-order valence-electron chi connectivity index (χ2n) is 6.01. The first-order valence-electron chi connectivity index (χ1n) is 6.90. The highest BCUT2D eigenvalue weighted by Gasteiger charge is 2.32. The van der Waals surface area contributed by atoms with E-state index in [9.17, 15) is 9.90 Å². The summed E-state index contributed by atoms with van der Waals surface area (Å²) < 4.78 is 0. The Morgan fingerprint density at radius 3 is 2.56 bits per heavy atom. The maximum Gasteiger partial charge on any atom is 0.251 e. The molecule has 0 aromatic rings. The molecule has 1 amide bonds. The van der Waals surface area contributed by atoms with Crippen molar-refractivity contribution in [1.82, 2.24) is 15.1 Å². The number of piperazine rings is 1. The van der Waals surface area contributed by atoms with E-state index in [-0.39, 0.29) is 5.91 Å². The number of hydrogen-bond acceptors (Lipinski definition) is 4. The van der Waals surface area contributed by atoms with Crippen molar-refractivity contribution in [2.75, 3.05) is 45.8 Å². The number of rotatable bonds is 3. The van der Waals surface area contributed by atoms with Gasteiger partial charge in [0.2, 0.25) is 0 Å². The molecule has 2 heterocycles. The van der Waals surface area contributed by atoms with Crippen molar-refractivity contribution >= 4 is 5.91 Å². The van der Waals surface area contributed by atoms with Gasteiger partial charge >= 0.3 is 0 Å². The zero-order valence-corrected chi connectivity index (χ0v) is 11.5. The van der Waals surface area contributed by atoms with E-state index in [1.807, 2.05) is 0 Å². The summed E-state index contributed by atoms with van der Waals surface area (Å²) in [5.41, 5.74) is 0.385. The van der Waals surface area contributed by atoms with Crippen molar-refractivity contribution in [2.45, 2.75) is 26.4 Å². The molecule has 0 aliphatic carbocycles. The normalized spacial score (nSPS) is 31.6. The number of carbonyl (C=O) groups excluding carboxylic acids is 1. The fourth-order valence-electron chi connectivity index (χ4n) is 2.93. The Balaban J connectivity index is 1.78.